The first kappa shape index (κ1) is 12.0. The van der Waals surface area contributed by atoms with E-state index in [0.29, 0.717) is 11.8 Å². The van der Waals surface area contributed by atoms with E-state index in [1.807, 2.05) is 0 Å². The molecule has 5 heteroatoms. The van der Waals surface area contributed by atoms with Crippen LogP contribution >= 0.6 is 0 Å². The van der Waals surface area contributed by atoms with Gasteiger partial charge >= 0.3 is 29.6 Å². The minimum atomic E-state index is -2.25. The van der Waals surface area contributed by atoms with Crippen LogP contribution in [0, 0.1) is 0 Å². The molecule has 0 heterocycles. The molecule has 0 amide bonds. The molecular weight excluding hydrogens is 187 g/mol. The zero-order chi connectivity index (χ0) is 8.27. The second-order valence-electron chi connectivity index (χ2n) is 1.93. The fourth-order valence-corrected chi connectivity index (χ4v) is 1.11. The normalized spacial score (nSPS) is 11.4. The summed E-state index contributed by atoms with van der Waals surface area (Å²) in [5, 5.41) is 0. The molecule has 1 atom stereocenters. The Hall–Kier alpha value is 0. The van der Waals surface area contributed by atoms with Crippen LogP contribution in [-0.2, 0) is 11.1 Å². The van der Waals surface area contributed by atoms with Crippen LogP contribution in [0.5, 0.6) is 0 Å². The van der Waals surface area contributed by atoms with Crippen molar-refractivity contribution < 1.29 is 43.1 Å². The van der Waals surface area contributed by atoms with Crippen LogP contribution in [0.25, 0.3) is 0 Å². The zero-order valence-corrected chi connectivity index (χ0v) is 9.34. The first-order valence-corrected chi connectivity index (χ1v) is 3.96. The second-order valence-corrected chi connectivity index (χ2v) is 2.87. The Morgan fingerprint density at radius 2 is 2.08 bits per heavy atom. The fraction of sp³-hybridized carbons (Fsp3) is 0. The van der Waals surface area contributed by atoms with E-state index in [1.54, 1.807) is 6.07 Å². The van der Waals surface area contributed by atoms with Gasteiger partial charge in [-0.05, 0) is 23.2 Å². The predicted octanol–water partition coefficient (Wildman–Crippen LogP) is -2.26. The molecule has 3 nitrogen and oxygen atoms in total. The van der Waals surface area contributed by atoms with Crippen molar-refractivity contribution in [2.75, 3.05) is 0 Å². The van der Waals surface area contributed by atoms with E-state index < -0.39 is 11.1 Å². The van der Waals surface area contributed by atoms with Gasteiger partial charge in [0.25, 0.3) is 0 Å². The van der Waals surface area contributed by atoms with Crippen molar-refractivity contribution in [2.45, 2.75) is 4.90 Å². The van der Waals surface area contributed by atoms with E-state index in [4.69, 9.17) is 0 Å². The molecule has 0 bridgehead atoms. The number of aldehydes is 1. The van der Waals surface area contributed by atoms with E-state index in [1.165, 1.54) is 18.2 Å². The van der Waals surface area contributed by atoms with Crippen molar-refractivity contribution in [3.8, 4) is 0 Å². The Kier molecular flexibility index (Phi) is 5.61. The van der Waals surface area contributed by atoms with E-state index in [2.05, 4.69) is 0 Å². The minimum Gasteiger partial charge on any atom is -0.768 e. The molecule has 1 rings (SSSR count). The second kappa shape index (κ2) is 5.61. The van der Waals surface area contributed by atoms with Crippen molar-refractivity contribution in [2.24, 2.45) is 0 Å². The van der Waals surface area contributed by atoms with Gasteiger partial charge in [-0.2, -0.15) is 0 Å². The molecule has 0 fully saturated rings. The molecular formula is C7H5NaO3S. The van der Waals surface area contributed by atoms with Gasteiger partial charge in [-0.15, -0.1) is 0 Å². The Labute approximate surface area is 94.7 Å². The van der Waals surface area contributed by atoms with Gasteiger partial charge in [-0.25, -0.2) is 0 Å². The third-order valence-electron chi connectivity index (χ3n) is 1.19. The van der Waals surface area contributed by atoms with Crippen LogP contribution in [0.4, 0.5) is 0 Å². The van der Waals surface area contributed by atoms with Gasteiger partial charge in [-0.1, -0.05) is 12.1 Å². The predicted molar refractivity (Wildman–Crippen MR) is 39.0 cm³/mol. The van der Waals surface area contributed by atoms with Gasteiger partial charge in [0.15, 0.2) is 0 Å². The molecule has 12 heavy (non-hydrogen) atoms. The molecule has 0 aromatic heterocycles. The topological polar surface area (TPSA) is 57.2 Å². The average molecular weight is 192 g/mol. The molecule has 0 N–H and O–H groups in total. The summed E-state index contributed by atoms with van der Waals surface area (Å²) in [6, 6.07) is 5.81. The fourth-order valence-electron chi connectivity index (χ4n) is 0.692. The number of hydrogen-bond donors (Lipinski definition) is 0. The zero-order valence-electron chi connectivity index (χ0n) is 6.52. The molecule has 1 aromatic rings. The largest absolute Gasteiger partial charge is 1.00 e. The SMILES string of the molecule is O=Cc1cccc(S(=O)[O-])c1.[Na+]. The molecule has 1 unspecified atom stereocenters. The first-order chi connectivity index (χ1) is 5.24. The Morgan fingerprint density at radius 3 is 2.58 bits per heavy atom. The van der Waals surface area contributed by atoms with Gasteiger partial charge in [0.05, 0.1) is 0 Å². The average Bonchev–Trinajstić information content (AvgIpc) is 2.05. The summed E-state index contributed by atoms with van der Waals surface area (Å²) in [6.45, 7) is 0. The number of carbonyl (C=O) groups is 1. The third-order valence-corrected chi connectivity index (χ3v) is 1.83. The molecule has 0 saturated carbocycles. The maximum Gasteiger partial charge on any atom is 1.00 e. The van der Waals surface area contributed by atoms with Crippen molar-refractivity contribution >= 4 is 17.4 Å². The number of hydrogen-bond acceptors (Lipinski definition) is 3. The monoisotopic (exact) mass is 192 g/mol. The smallest absolute Gasteiger partial charge is 0.768 e. The van der Waals surface area contributed by atoms with Gasteiger partial charge in [0.2, 0.25) is 0 Å². The van der Waals surface area contributed by atoms with Crippen molar-refractivity contribution in [3.05, 3.63) is 29.8 Å². The van der Waals surface area contributed by atoms with E-state index in [0.717, 1.165) is 0 Å². The number of benzene rings is 1. The molecule has 0 aliphatic carbocycles. The first-order valence-electron chi connectivity index (χ1n) is 2.88. The summed E-state index contributed by atoms with van der Waals surface area (Å²) in [5.41, 5.74) is 0.367. The van der Waals surface area contributed by atoms with Crippen LogP contribution in [0.3, 0.4) is 0 Å². The Bertz CT molecular complexity index is 300. The summed E-state index contributed by atoms with van der Waals surface area (Å²) in [4.78, 5) is 10.3. The molecule has 58 valence electrons. The quantitative estimate of drug-likeness (QED) is 0.302. The van der Waals surface area contributed by atoms with Crippen LogP contribution in [0.2, 0.25) is 0 Å². The number of rotatable bonds is 2. The standard InChI is InChI=1S/C7H6O3S.Na/c8-5-6-2-1-3-7(4-6)11(9)10;/h1-5H,(H,9,10);/q;+1/p-1. The van der Waals surface area contributed by atoms with Gasteiger partial charge < -0.3 is 4.55 Å². The molecule has 0 saturated heterocycles. The molecule has 0 aliphatic heterocycles. The minimum absolute atomic E-state index is 0. The Morgan fingerprint density at radius 1 is 1.42 bits per heavy atom. The van der Waals surface area contributed by atoms with Crippen LogP contribution in [-0.4, -0.2) is 15.0 Å². The van der Waals surface area contributed by atoms with E-state index >= 15 is 0 Å². The summed E-state index contributed by atoms with van der Waals surface area (Å²) < 4.78 is 20.7. The summed E-state index contributed by atoms with van der Waals surface area (Å²) in [7, 11) is 0. The van der Waals surface area contributed by atoms with Crippen molar-refractivity contribution in [1.82, 2.24) is 0 Å². The Balaban J connectivity index is 0.00000121. The summed E-state index contributed by atoms with van der Waals surface area (Å²) in [5.74, 6) is 0. The molecule has 0 radical (unpaired) electrons. The van der Waals surface area contributed by atoms with Gasteiger partial charge in [-0.3, -0.25) is 9.00 Å². The molecule has 0 spiro atoms. The van der Waals surface area contributed by atoms with E-state index in [9.17, 15) is 13.6 Å². The number of carbonyl (C=O) groups excluding carboxylic acids is 1. The van der Waals surface area contributed by atoms with Crippen LogP contribution < -0.4 is 29.6 Å². The van der Waals surface area contributed by atoms with E-state index in [-0.39, 0.29) is 34.5 Å². The maximum absolute atomic E-state index is 10.4. The molecule has 1 aromatic carbocycles. The third kappa shape index (κ3) is 3.16. The maximum atomic E-state index is 10.4. The van der Waals surface area contributed by atoms with Crippen molar-refractivity contribution in [3.63, 3.8) is 0 Å². The van der Waals surface area contributed by atoms with Gasteiger partial charge in [0, 0.05) is 10.5 Å². The summed E-state index contributed by atoms with van der Waals surface area (Å²) in [6.07, 6.45) is 0.607. The van der Waals surface area contributed by atoms with Gasteiger partial charge in [0.1, 0.15) is 6.29 Å². The van der Waals surface area contributed by atoms with Crippen LogP contribution in [0.1, 0.15) is 10.4 Å². The van der Waals surface area contributed by atoms with Crippen molar-refractivity contribution in [1.29, 1.82) is 0 Å². The molecule has 0 aliphatic rings. The van der Waals surface area contributed by atoms with Crippen LogP contribution in [0.15, 0.2) is 29.2 Å². The summed E-state index contributed by atoms with van der Waals surface area (Å²) >= 11 is -2.25.